The molecular formula is C12H12S4. The van der Waals surface area contributed by atoms with E-state index in [0.717, 1.165) is 11.5 Å². The molecule has 0 aliphatic rings. The zero-order chi connectivity index (χ0) is 11.4. The second-order valence-corrected chi connectivity index (χ2v) is 5.76. The molecule has 0 fully saturated rings. The predicted molar refractivity (Wildman–Crippen MR) is 83.2 cm³/mol. The van der Waals surface area contributed by atoms with E-state index >= 15 is 0 Å². The molecule has 0 N–H and O–H groups in total. The lowest BCUT2D eigenvalue weighted by Gasteiger charge is -2.09. The van der Waals surface area contributed by atoms with E-state index in [0.29, 0.717) is 0 Å². The Hall–Kier alpha value is -0.160. The van der Waals surface area contributed by atoms with Crippen LogP contribution in [0, 0.1) is 0 Å². The molecule has 4 heteroatoms. The highest BCUT2D eigenvalue weighted by Gasteiger charge is 2.10. The lowest BCUT2D eigenvalue weighted by Crippen LogP contribution is -1.91. The minimum atomic E-state index is 0.758. The van der Waals surface area contributed by atoms with E-state index in [9.17, 15) is 0 Å². The average molecular weight is 284 g/mol. The molecule has 0 bridgehead atoms. The highest BCUT2D eigenvalue weighted by atomic mass is 32.1. The van der Waals surface area contributed by atoms with Crippen LogP contribution in [-0.2, 0) is 0 Å². The maximum absolute atomic E-state index is 4.45. The molecule has 2 aromatic heterocycles. The maximum Gasteiger partial charge on any atom is 0.0314 e. The van der Waals surface area contributed by atoms with Gasteiger partial charge in [-0.15, -0.1) is 22.7 Å². The third-order valence-corrected chi connectivity index (χ3v) is 4.81. The van der Waals surface area contributed by atoms with Crippen molar-refractivity contribution in [3.63, 3.8) is 0 Å². The van der Waals surface area contributed by atoms with Gasteiger partial charge in [-0.3, -0.25) is 0 Å². The Morgan fingerprint density at radius 3 is 1.56 bits per heavy atom. The summed E-state index contributed by atoms with van der Waals surface area (Å²) in [7, 11) is 0. The van der Waals surface area contributed by atoms with E-state index in [1.807, 2.05) is 0 Å². The largest absolute Gasteiger partial charge is 0.174 e. The van der Waals surface area contributed by atoms with E-state index in [1.165, 1.54) is 20.9 Å². The molecule has 84 valence electrons. The van der Waals surface area contributed by atoms with E-state index in [1.54, 1.807) is 22.7 Å². The SMILES string of the molecule is SCC(=C(CS)c1cccs1)c1cccs1. The fourth-order valence-electron chi connectivity index (χ4n) is 1.54. The van der Waals surface area contributed by atoms with Gasteiger partial charge in [-0.2, -0.15) is 25.3 Å². The lowest BCUT2D eigenvalue weighted by molar-refractivity contribution is 1.67. The summed E-state index contributed by atoms with van der Waals surface area (Å²) < 4.78 is 0. The fourth-order valence-corrected chi connectivity index (χ4v) is 4.08. The molecule has 0 nitrogen and oxygen atoms in total. The summed E-state index contributed by atoms with van der Waals surface area (Å²) in [6.07, 6.45) is 0. The van der Waals surface area contributed by atoms with Crippen molar-refractivity contribution in [3.8, 4) is 0 Å². The van der Waals surface area contributed by atoms with Gasteiger partial charge < -0.3 is 0 Å². The molecule has 0 saturated carbocycles. The summed E-state index contributed by atoms with van der Waals surface area (Å²) in [6, 6.07) is 8.45. The summed E-state index contributed by atoms with van der Waals surface area (Å²) in [5.41, 5.74) is 2.60. The standard InChI is InChI=1S/C12H12S4/c13-7-9(11-3-1-5-15-11)10(8-14)12-4-2-6-16-12/h1-6,13-14H,7-8H2. The summed E-state index contributed by atoms with van der Waals surface area (Å²) in [4.78, 5) is 2.60. The normalized spacial score (nSPS) is 12.6. The van der Waals surface area contributed by atoms with Crippen LogP contribution in [0.3, 0.4) is 0 Å². The molecule has 2 rings (SSSR count). The first-order valence-electron chi connectivity index (χ1n) is 4.88. The van der Waals surface area contributed by atoms with Gasteiger partial charge in [0.25, 0.3) is 0 Å². The topological polar surface area (TPSA) is 0 Å². The van der Waals surface area contributed by atoms with Crippen molar-refractivity contribution in [1.29, 1.82) is 0 Å². The van der Waals surface area contributed by atoms with Gasteiger partial charge >= 0.3 is 0 Å². The second-order valence-electron chi connectivity index (χ2n) is 3.23. The molecule has 16 heavy (non-hydrogen) atoms. The molecule has 2 aromatic rings. The summed E-state index contributed by atoms with van der Waals surface area (Å²) in [5, 5.41) is 4.20. The third-order valence-electron chi connectivity index (χ3n) is 2.32. The Morgan fingerprint density at radius 2 is 1.31 bits per heavy atom. The van der Waals surface area contributed by atoms with Crippen LogP contribution in [0.15, 0.2) is 35.0 Å². The van der Waals surface area contributed by atoms with E-state index < -0.39 is 0 Å². The van der Waals surface area contributed by atoms with Gasteiger partial charge in [-0.1, -0.05) is 12.1 Å². The van der Waals surface area contributed by atoms with Gasteiger partial charge in [0.2, 0.25) is 0 Å². The van der Waals surface area contributed by atoms with Gasteiger partial charge in [0, 0.05) is 21.3 Å². The molecule has 0 atom stereocenters. The van der Waals surface area contributed by atoms with Crippen molar-refractivity contribution in [2.75, 3.05) is 11.5 Å². The molecule has 0 aliphatic carbocycles. The van der Waals surface area contributed by atoms with Gasteiger partial charge in [0.15, 0.2) is 0 Å². The predicted octanol–water partition coefficient (Wildman–Crippen LogP) is 4.58. The van der Waals surface area contributed by atoms with Crippen molar-refractivity contribution in [2.45, 2.75) is 0 Å². The Balaban J connectivity index is 2.50. The smallest absolute Gasteiger partial charge is 0.0314 e. The van der Waals surface area contributed by atoms with Gasteiger partial charge in [0.1, 0.15) is 0 Å². The van der Waals surface area contributed by atoms with Crippen molar-refractivity contribution in [3.05, 3.63) is 44.8 Å². The number of hydrogen-bond acceptors (Lipinski definition) is 4. The molecule has 0 unspecified atom stereocenters. The van der Waals surface area contributed by atoms with Gasteiger partial charge in [0.05, 0.1) is 0 Å². The van der Waals surface area contributed by atoms with Crippen LogP contribution in [0.1, 0.15) is 9.75 Å². The molecular weight excluding hydrogens is 272 g/mol. The van der Waals surface area contributed by atoms with E-state index in [4.69, 9.17) is 0 Å². The van der Waals surface area contributed by atoms with Crippen LogP contribution in [-0.4, -0.2) is 11.5 Å². The van der Waals surface area contributed by atoms with Gasteiger partial charge in [-0.25, -0.2) is 0 Å². The van der Waals surface area contributed by atoms with Crippen molar-refractivity contribution >= 4 is 59.1 Å². The first-order chi connectivity index (χ1) is 7.86. The summed E-state index contributed by atoms with van der Waals surface area (Å²) >= 11 is 12.4. The number of hydrogen-bond donors (Lipinski definition) is 2. The zero-order valence-electron chi connectivity index (χ0n) is 8.59. The van der Waals surface area contributed by atoms with Crippen LogP contribution in [0.2, 0.25) is 0 Å². The summed E-state index contributed by atoms with van der Waals surface area (Å²) in [5.74, 6) is 1.52. The van der Waals surface area contributed by atoms with Crippen LogP contribution < -0.4 is 0 Å². The number of rotatable bonds is 4. The highest BCUT2D eigenvalue weighted by Crippen LogP contribution is 2.32. The van der Waals surface area contributed by atoms with E-state index in [2.05, 4.69) is 60.3 Å². The first kappa shape index (κ1) is 12.3. The quantitative estimate of drug-likeness (QED) is 0.754. The monoisotopic (exact) mass is 284 g/mol. The van der Waals surface area contributed by atoms with Crippen molar-refractivity contribution < 1.29 is 0 Å². The Kier molecular flexibility index (Phi) is 4.58. The number of thiol groups is 2. The molecule has 0 aliphatic heterocycles. The second kappa shape index (κ2) is 5.96. The maximum atomic E-state index is 4.45. The van der Waals surface area contributed by atoms with E-state index in [-0.39, 0.29) is 0 Å². The minimum absolute atomic E-state index is 0.758. The fraction of sp³-hybridized carbons (Fsp3) is 0.167. The van der Waals surface area contributed by atoms with Crippen LogP contribution in [0.5, 0.6) is 0 Å². The zero-order valence-corrected chi connectivity index (χ0v) is 12.0. The van der Waals surface area contributed by atoms with Crippen molar-refractivity contribution in [2.24, 2.45) is 0 Å². The molecule has 2 heterocycles. The Labute approximate surface area is 115 Å². The Bertz CT molecular complexity index is 407. The first-order valence-corrected chi connectivity index (χ1v) is 7.90. The molecule has 0 amide bonds. The van der Waals surface area contributed by atoms with Crippen molar-refractivity contribution in [1.82, 2.24) is 0 Å². The minimum Gasteiger partial charge on any atom is -0.174 e. The lowest BCUT2D eigenvalue weighted by atomic mass is 10.1. The molecule has 0 spiro atoms. The molecule has 0 radical (unpaired) electrons. The van der Waals surface area contributed by atoms with Gasteiger partial charge in [-0.05, 0) is 34.0 Å². The summed E-state index contributed by atoms with van der Waals surface area (Å²) in [6.45, 7) is 0. The molecule has 0 aromatic carbocycles. The highest BCUT2D eigenvalue weighted by molar-refractivity contribution is 7.81. The van der Waals surface area contributed by atoms with Crippen LogP contribution in [0.25, 0.3) is 11.1 Å². The average Bonchev–Trinajstić information content (AvgIpc) is 2.97. The third kappa shape index (κ3) is 2.56. The van der Waals surface area contributed by atoms with Crippen LogP contribution >= 0.6 is 47.9 Å². The number of thiophene rings is 2. The van der Waals surface area contributed by atoms with Crippen LogP contribution in [0.4, 0.5) is 0 Å². The Morgan fingerprint density at radius 1 is 0.875 bits per heavy atom. The molecule has 0 saturated heterocycles.